The summed E-state index contributed by atoms with van der Waals surface area (Å²) in [6, 6.07) is 7.93. The zero-order valence-electron chi connectivity index (χ0n) is 10.3. The molecule has 2 aromatic heterocycles. The Labute approximate surface area is 105 Å². The Morgan fingerprint density at radius 3 is 2.67 bits per heavy atom. The number of hydrogen-bond acceptors (Lipinski definition) is 3. The molecule has 0 fully saturated rings. The van der Waals surface area contributed by atoms with Gasteiger partial charge in [0.15, 0.2) is 0 Å². The minimum atomic E-state index is 0.855. The number of benzene rings is 1. The Balaban J connectivity index is 2.35. The van der Waals surface area contributed by atoms with E-state index in [0.29, 0.717) is 0 Å². The van der Waals surface area contributed by atoms with E-state index in [1.807, 2.05) is 42.0 Å². The number of nitrogens with zero attached hydrogens (tertiary/aromatic N) is 3. The van der Waals surface area contributed by atoms with Crippen LogP contribution in [-0.2, 0) is 0 Å². The van der Waals surface area contributed by atoms with E-state index in [4.69, 9.17) is 4.74 Å². The number of methoxy groups -OCH3 is 1. The Kier molecular flexibility index (Phi) is 2.48. The van der Waals surface area contributed by atoms with Crippen molar-refractivity contribution in [2.45, 2.75) is 6.92 Å². The van der Waals surface area contributed by atoms with Crippen LogP contribution in [0.5, 0.6) is 5.75 Å². The Bertz CT molecular complexity index is 703. The number of ether oxygens (including phenoxy) is 1. The summed E-state index contributed by atoms with van der Waals surface area (Å²) in [6.45, 7) is 1.96. The van der Waals surface area contributed by atoms with Crippen LogP contribution in [0.3, 0.4) is 0 Å². The zero-order chi connectivity index (χ0) is 12.5. The standard InChI is InChI=1S/C14H13N3O/c1-10-15-8-9-17(10)14-12-4-3-5-13(18-2)11(12)6-7-16-14/h3-9H,1-2H3. The smallest absolute Gasteiger partial charge is 0.146 e. The lowest BCUT2D eigenvalue weighted by molar-refractivity contribution is 0.420. The van der Waals surface area contributed by atoms with Gasteiger partial charge in [0.25, 0.3) is 0 Å². The summed E-state index contributed by atoms with van der Waals surface area (Å²) in [6.07, 6.45) is 5.48. The largest absolute Gasteiger partial charge is 0.496 e. The molecule has 0 saturated carbocycles. The number of pyridine rings is 1. The molecule has 0 bridgehead atoms. The first-order valence-electron chi connectivity index (χ1n) is 5.73. The third kappa shape index (κ3) is 1.54. The van der Waals surface area contributed by atoms with Gasteiger partial charge in [-0.1, -0.05) is 12.1 Å². The Hall–Kier alpha value is -2.36. The van der Waals surface area contributed by atoms with Crippen LogP contribution < -0.4 is 4.74 Å². The van der Waals surface area contributed by atoms with Gasteiger partial charge in [0, 0.05) is 29.4 Å². The van der Waals surface area contributed by atoms with Gasteiger partial charge < -0.3 is 4.74 Å². The highest BCUT2D eigenvalue weighted by Gasteiger charge is 2.09. The topological polar surface area (TPSA) is 39.9 Å². The highest BCUT2D eigenvalue weighted by Crippen LogP contribution is 2.28. The molecule has 2 heterocycles. The van der Waals surface area contributed by atoms with Gasteiger partial charge in [0.1, 0.15) is 17.4 Å². The van der Waals surface area contributed by atoms with Crippen molar-refractivity contribution in [3.05, 3.63) is 48.7 Å². The molecule has 0 aliphatic carbocycles. The van der Waals surface area contributed by atoms with E-state index in [0.717, 1.165) is 28.2 Å². The number of aryl methyl sites for hydroxylation is 1. The van der Waals surface area contributed by atoms with Crippen LogP contribution >= 0.6 is 0 Å². The molecule has 0 spiro atoms. The second-order valence-corrected chi connectivity index (χ2v) is 4.03. The highest BCUT2D eigenvalue weighted by atomic mass is 16.5. The second kappa shape index (κ2) is 4.14. The number of imidazole rings is 1. The van der Waals surface area contributed by atoms with Crippen LogP contribution in [0.25, 0.3) is 16.6 Å². The fourth-order valence-electron chi connectivity index (χ4n) is 2.13. The van der Waals surface area contributed by atoms with Crippen molar-refractivity contribution >= 4 is 10.8 Å². The van der Waals surface area contributed by atoms with Crippen molar-refractivity contribution in [2.75, 3.05) is 7.11 Å². The molecule has 0 aliphatic rings. The van der Waals surface area contributed by atoms with Gasteiger partial charge >= 0.3 is 0 Å². The first-order chi connectivity index (χ1) is 8.81. The summed E-state index contributed by atoms with van der Waals surface area (Å²) >= 11 is 0. The molecule has 0 aliphatic heterocycles. The molecule has 0 radical (unpaired) electrons. The summed E-state index contributed by atoms with van der Waals surface area (Å²) in [5.41, 5.74) is 0. The average molecular weight is 239 g/mol. The number of fused-ring (bicyclic) bond motifs is 1. The van der Waals surface area contributed by atoms with Crippen molar-refractivity contribution in [1.82, 2.24) is 14.5 Å². The summed E-state index contributed by atoms with van der Waals surface area (Å²) < 4.78 is 7.35. The maximum absolute atomic E-state index is 5.38. The fourth-order valence-corrected chi connectivity index (χ4v) is 2.13. The van der Waals surface area contributed by atoms with E-state index in [1.165, 1.54) is 0 Å². The predicted molar refractivity (Wildman–Crippen MR) is 70.2 cm³/mol. The van der Waals surface area contributed by atoms with E-state index < -0.39 is 0 Å². The van der Waals surface area contributed by atoms with Gasteiger partial charge in [0.05, 0.1) is 7.11 Å². The van der Waals surface area contributed by atoms with E-state index in [2.05, 4.69) is 9.97 Å². The first-order valence-corrected chi connectivity index (χ1v) is 5.73. The molecule has 0 saturated heterocycles. The first kappa shape index (κ1) is 10.8. The SMILES string of the molecule is COc1cccc2c(-n3ccnc3C)nccc12. The maximum Gasteiger partial charge on any atom is 0.146 e. The van der Waals surface area contributed by atoms with Gasteiger partial charge in [-0.25, -0.2) is 9.97 Å². The quantitative estimate of drug-likeness (QED) is 0.690. The Morgan fingerprint density at radius 1 is 1.06 bits per heavy atom. The molecule has 0 amide bonds. The molecule has 18 heavy (non-hydrogen) atoms. The predicted octanol–water partition coefficient (Wildman–Crippen LogP) is 2.74. The van der Waals surface area contributed by atoms with Gasteiger partial charge in [-0.3, -0.25) is 4.57 Å². The molecule has 4 heteroatoms. The summed E-state index contributed by atoms with van der Waals surface area (Å²) in [5.74, 6) is 2.65. The van der Waals surface area contributed by atoms with Crippen molar-refractivity contribution in [2.24, 2.45) is 0 Å². The maximum atomic E-state index is 5.38. The monoisotopic (exact) mass is 239 g/mol. The minimum absolute atomic E-state index is 0.855. The molecule has 3 rings (SSSR count). The minimum Gasteiger partial charge on any atom is -0.496 e. The van der Waals surface area contributed by atoms with Crippen LogP contribution in [0.15, 0.2) is 42.9 Å². The van der Waals surface area contributed by atoms with Gasteiger partial charge in [-0.2, -0.15) is 0 Å². The van der Waals surface area contributed by atoms with Crippen molar-refractivity contribution in [3.63, 3.8) is 0 Å². The normalized spacial score (nSPS) is 10.8. The lowest BCUT2D eigenvalue weighted by Crippen LogP contribution is -2.00. The summed E-state index contributed by atoms with van der Waals surface area (Å²) in [7, 11) is 1.68. The molecule has 0 N–H and O–H groups in total. The molecule has 3 aromatic rings. The average Bonchev–Trinajstić information content (AvgIpc) is 2.83. The third-order valence-electron chi connectivity index (χ3n) is 3.02. The molecule has 0 atom stereocenters. The number of rotatable bonds is 2. The van der Waals surface area contributed by atoms with E-state index in [9.17, 15) is 0 Å². The van der Waals surface area contributed by atoms with E-state index >= 15 is 0 Å². The van der Waals surface area contributed by atoms with E-state index in [1.54, 1.807) is 19.5 Å². The van der Waals surface area contributed by atoms with Gasteiger partial charge in [-0.15, -0.1) is 0 Å². The van der Waals surface area contributed by atoms with Crippen LogP contribution in [0.4, 0.5) is 0 Å². The van der Waals surface area contributed by atoms with E-state index in [-0.39, 0.29) is 0 Å². The number of aromatic nitrogens is 3. The van der Waals surface area contributed by atoms with Crippen LogP contribution in [0.2, 0.25) is 0 Å². The second-order valence-electron chi connectivity index (χ2n) is 4.03. The Morgan fingerprint density at radius 2 is 1.94 bits per heavy atom. The summed E-state index contributed by atoms with van der Waals surface area (Å²) in [5, 5.41) is 2.11. The van der Waals surface area contributed by atoms with Crippen molar-refractivity contribution in [3.8, 4) is 11.6 Å². The zero-order valence-corrected chi connectivity index (χ0v) is 10.3. The fraction of sp³-hybridized carbons (Fsp3) is 0.143. The molecule has 4 nitrogen and oxygen atoms in total. The molecule has 1 aromatic carbocycles. The molecule has 0 unspecified atom stereocenters. The van der Waals surface area contributed by atoms with Crippen molar-refractivity contribution < 1.29 is 4.74 Å². The lowest BCUT2D eigenvalue weighted by Gasteiger charge is -2.10. The number of hydrogen-bond donors (Lipinski definition) is 0. The third-order valence-corrected chi connectivity index (χ3v) is 3.02. The molecular weight excluding hydrogens is 226 g/mol. The molecule has 90 valence electrons. The highest BCUT2D eigenvalue weighted by molar-refractivity contribution is 5.93. The van der Waals surface area contributed by atoms with Crippen LogP contribution in [0, 0.1) is 6.92 Å². The van der Waals surface area contributed by atoms with Crippen LogP contribution in [0.1, 0.15) is 5.82 Å². The van der Waals surface area contributed by atoms with Crippen molar-refractivity contribution in [1.29, 1.82) is 0 Å². The lowest BCUT2D eigenvalue weighted by atomic mass is 10.1. The van der Waals surface area contributed by atoms with Gasteiger partial charge in [0.2, 0.25) is 0 Å². The van der Waals surface area contributed by atoms with Crippen LogP contribution in [-0.4, -0.2) is 21.6 Å². The molecular formula is C14H13N3O. The summed E-state index contributed by atoms with van der Waals surface area (Å²) in [4.78, 5) is 8.69. The van der Waals surface area contributed by atoms with Gasteiger partial charge in [-0.05, 0) is 19.1 Å².